The van der Waals surface area contributed by atoms with E-state index in [1.165, 1.54) is 16.2 Å². The first-order valence-corrected chi connectivity index (χ1v) is 10.2. The number of halogens is 1. The number of benzene rings is 2. The number of aromatic nitrogens is 1. The van der Waals surface area contributed by atoms with E-state index < -0.39 is 6.09 Å². The molecule has 0 aliphatic heterocycles. The van der Waals surface area contributed by atoms with Gasteiger partial charge in [0.05, 0.1) is 16.8 Å². The van der Waals surface area contributed by atoms with Gasteiger partial charge in [0.1, 0.15) is 6.61 Å². The molecule has 0 aliphatic carbocycles. The Hall–Kier alpha value is -2.84. The van der Waals surface area contributed by atoms with Crippen LogP contribution in [0.1, 0.15) is 11.1 Å². The Bertz CT molecular complexity index is 1020. The summed E-state index contributed by atoms with van der Waals surface area (Å²) in [5.74, 6) is 0. The van der Waals surface area contributed by atoms with Gasteiger partial charge in [-0.2, -0.15) is 0 Å². The number of rotatable bonds is 6. The highest BCUT2D eigenvalue weighted by Crippen LogP contribution is 2.27. The highest BCUT2D eigenvalue weighted by molar-refractivity contribution is 7.22. The van der Waals surface area contributed by atoms with E-state index >= 15 is 0 Å². The normalized spacial score (nSPS) is 10.6. The molecular formula is C20H21ClN4O3S. The van der Waals surface area contributed by atoms with Gasteiger partial charge in [0.15, 0.2) is 5.13 Å². The maximum Gasteiger partial charge on any atom is 0.413 e. The third kappa shape index (κ3) is 5.58. The number of thiazole rings is 1. The van der Waals surface area contributed by atoms with Crippen LogP contribution in [0.3, 0.4) is 0 Å². The minimum Gasteiger partial charge on any atom is -0.447 e. The van der Waals surface area contributed by atoms with Gasteiger partial charge in [-0.25, -0.2) is 14.6 Å². The third-order valence-electron chi connectivity index (χ3n) is 4.22. The van der Waals surface area contributed by atoms with Crippen molar-refractivity contribution in [1.82, 2.24) is 15.2 Å². The number of likely N-dealkylation sites (N-methyl/N-ethyl adjacent to an activating group) is 1. The molecule has 0 saturated heterocycles. The largest absolute Gasteiger partial charge is 0.447 e. The quantitative estimate of drug-likeness (QED) is 0.594. The van der Waals surface area contributed by atoms with Crippen LogP contribution < -0.4 is 10.6 Å². The summed E-state index contributed by atoms with van der Waals surface area (Å²) < 4.78 is 6.14. The van der Waals surface area contributed by atoms with Crippen LogP contribution in [0.2, 0.25) is 5.02 Å². The van der Waals surface area contributed by atoms with Gasteiger partial charge in [-0.1, -0.05) is 53.3 Å². The van der Waals surface area contributed by atoms with E-state index in [0.29, 0.717) is 16.7 Å². The predicted octanol–water partition coefficient (Wildman–Crippen LogP) is 4.65. The first-order chi connectivity index (χ1) is 13.9. The van der Waals surface area contributed by atoms with Gasteiger partial charge < -0.3 is 15.0 Å². The van der Waals surface area contributed by atoms with Crippen molar-refractivity contribution in [2.24, 2.45) is 0 Å². The molecule has 29 heavy (non-hydrogen) atoms. The van der Waals surface area contributed by atoms with Gasteiger partial charge in [-0.3, -0.25) is 5.32 Å². The van der Waals surface area contributed by atoms with E-state index in [2.05, 4.69) is 15.6 Å². The summed E-state index contributed by atoms with van der Waals surface area (Å²) in [5, 5.41) is 6.48. The summed E-state index contributed by atoms with van der Waals surface area (Å²) in [4.78, 5) is 29.9. The van der Waals surface area contributed by atoms with Crippen molar-refractivity contribution in [3.8, 4) is 0 Å². The number of aryl methyl sites for hydroxylation is 1. The summed E-state index contributed by atoms with van der Waals surface area (Å²) in [5.41, 5.74) is 2.74. The zero-order valence-corrected chi connectivity index (χ0v) is 17.6. The molecule has 1 aromatic heterocycles. The number of urea groups is 1. The van der Waals surface area contributed by atoms with E-state index in [9.17, 15) is 9.59 Å². The number of para-hydroxylation sites is 1. The van der Waals surface area contributed by atoms with Crippen molar-refractivity contribution in [3.63, 3.8) is 0 Å². The Labute approximate surface area is 177 Å². The van der Waals surface area contributed by atoms with Gasteiger partial charge >= 0.3 is 12.1 Å². The lowest BCUT2D eigenvalue weighted by atomic mass is 10.2. The number of anilines is 1. The Kier molecular flexibility index (Phi) is 6.90. The number of nitrogens with zero attached hydrogens (tertiary/aromatic N) is 2. The van der Waals surface area contributed by atoms with Gasteiger partial charge in [-0.15, -0.1) is 0 Å². The molecule has 2 N–H and O–H groups in total. The average molecular weight is 433 g/mol. The molecule has 2 aromatic carbocycles. The maximum absolute atomic E-state index is 12.1. The van der Waals surface area contributed by atoms with Crippen LogP contribution in [-0.4, -0.2) is 42.2 Å². The molecule has 1 heterocycles. The summed E-state index contributed by atoms with van der Waals surface area (Å²) in [7, 11) is 1.62. The molecule has 0 atom stereocenters. The molecule has 3 aromatic rings. The molecule has 7 nitrogen and oxygen atoms in total. The van der Waals surface area contributed by atoms with Crippen LogP contribution in [0.4, 0.5) is 14.7 Å². The van der Waals surface area contributed by atoms with Gasteiger partial charge in [0.25, 0.3) is 0 Å². The Morgan fingerprint density at radius 2 is 2.00 bits per heavy atom. The molecule has 0 saturated carbocycles. The van der Waals surface area contributed by atoms with Crippen molar-refractivity contribution in [1.29, 1.82) is 0 Å². The van der Waals surface area contributed by atoms with Crippen molar-refractivity contribution in [2.75, 3.05) is 25.5 Å². The molecule has 0 fully saturated rings. The zero-order valence-electron chi connectivity index (χ0n) is 16.1. The van der Waals surface area contributed by atoms with Crippen LogP contribution in [0.25, 0.3) is 10.2 Å². The number of carbonyl (C=O) groups excluding carboxylic acids is 2. The van der Waals surface area contributed by atoms with Crippen molar-refractivity contribution in [3.05, 3.63) is 58.6 Å². The standard InChI is InChI=1S/C20H21ClN4O3S/c1-13-6-5-9-16-17(13)23-18(29-16)24-20(27)28-11-10-25(2)19(26)22-12-14-7-3-4-8-15(14)21/h3-9H,10-12H2,1-2H3,(H,22,26)(H,23,24,27). The van der Waals surface area contributed by atoms with E-state index in [1.54, 1.807) is 13.1 Å². The zero-order chi connectivity index (χ0) is 20.8. The second-order valence-electron chi connectivity index (χ2n) is 6.37. The first-order valence-electron chi connectivity index (χ1n) is 8.96. The van der Waals surface area contributed by atoms with Gasteiger partial charge in [0.2, 0.25) is 0 Å². The summed E-state index contributed by atoms with van der Waals surface area (Å²) in [6, 6.07) is 12.9. The van der Waals surface area contributed by atoms with E-state index in [1.807, 2.05) is 43.3 Å². The van der Waals surface area contributed by atoms with Gasteiger partial charge in [0, 0.05) is 18.6 Å². The second-order valence-corrected chi connectivity index (χ2v) is 7.81. The SMILES string of the molecule is Cc1cccc2sc(NC(=O)OCCN(C)C(=O)NCc3ccccc3Cl)nc12. The lowest BCUT2D eigenvalue weighted by Gasteiger charge is -2.18. The summed E-state index contributed by atoms with van der Waals surface area (Å²) in [6.07, 6.45) is -0.605. The maximum atomic E-state index is 12.1. The van der Waals surface area contributed by atoms with E-state index in [-0.39, 0.29) is 19.2 Å². The van der Waals surface area contributed by atoms with Gasteiger partial charge in [-0.05, 0) is 30.2 Å². The number of ether oxygens (including phenoxy) is 1. The molecule has 0 aliphatic rings. The van der Waals surface area contributed by atoms with E-state index in [0.717, 1.165) is 21.3 Å². The second kappa shape index (κ2) is 9.58. The fraction of sp³-hybridized carbons (Fsp3) is 0.250. The topological polar surface area (TPSA) is 83.6 Å². The molecule has 152 valence electrons. The lowest BCUT2D eigenvalue weighted by Crippen LogP contribution is -2.39. The predicted molar refractivity (Wildman–Crippen MR) is 116 cm³/mol. The number of hydrogen-bond acceptors (Lipinski definition) is 5. The molecule has 0 radical (unpaired) electrons. The molecule has 3 rings (SSSR count). The number of fused-ring (bicyclic) bond motifs is 1. The van der Waals surface area contributed by atoms with Crippen LogP contribution in [0, 0.1) is 6.92 Å². The minimum atomic E-state index is -0.605. The third-order valence-corrected chi connectivity index (χ3v) is 5.53. The Balaban J connectivity index is 1.41. The Morgan fingerprint density at radius 1 is 1.21 bits per heavy atom. The van der Waals surface area contributed by atoms with E-state index in [4.69, 9.17) is 16.3 Å². The molecule has 0 bridgehead atoms. The van der Waals surface area contributed by atoms with Crippen LogP contribution >= 0.6 is 22.9 Å². The number of nitrogens with one attached hydrogen (secondary N) is 2. The van der Waals surface area contributed by atoms with Crippen molar-refractivity contribution < 1.29 is 14.3 Å². The van der Waals surface area contributed by atoms with Crippen LogP contribution in [-0.2, 0) is 11.3 Å². The number of amides is 3. The highest BCUT2D eigenvalue weighted by Gasteiger charge is 2.12. The smallest absolute Gasteiger partial charge is 0.413 e. The average Bonchev–Trinajstić information content (AvgIpc) is 3.10. The Morgan fingerprint density at radius 3 is 2.76 bits per heavy atom. The van der Waals surface area contributed by atoms with Crippen molar-refractivity contribution >= 4 is 50.4 Å². The number of hydrogen-bond donors (Lipinski definition) is 2. The minimum absolute atomic E-state index is 0.0613. The monoisotopic (exact) mass is 432 g/mol. The fourth-order valence-electron chi connectivity index (χ4n) is 2.59. The molecular weight excluding hydrogens is 412 g/mol. The molecule has 0 unspecified atom stereocenters. The van der Waals surface area contributed by atoms with Crippen molar-refractivity contribution in [2.45, 2.75) is 13.5 Å². The summed E-state index contributed by atoms with van der Waals surface area (Å²) in [6.45, 7) is 2.60. The fourth-order valence-corrected chi connectivity index (χ4v) is 3.72. The molecule has 9 heteroatoms. The molecule has 3 amide bonds. The first kappa shape index (κ1) is 20.9. The highest BCUT2D eigenvalue weighted by atomic mass is 35.5. The number of carbonyl (C=O) groups is 2. The van der Waals surface area contributed by atoms with Crippen LogP contribution in [0.15, 0.2) is 42.5 Å². The molecule has 0 spiro atoms. The van der Waals surface area contributed by atoms with Crippen LogP contribution in [0.5, 0.6) is 0 Å². The summed E-state index contributed by atoms with van der Waals surface area (Å²) >= 11 is 7.45. The lowest BCUT2D eigenvalue weighted by molar-refractivity contribution is 0.146.